The second-order valence-corrected chi connectivity index (χ2v) is 5.61. The molecule has 0 aliphatic heterocycles. The van der Waals surface area contributed by atoms with E-state index in [1.54, 1.807) is 0 Å². The lowest BCUT2D eigenvalue weighted by atomic mass is 10.1. The highest BCUT2D eigenvalue weighted by molar-refractivity contribution is 5.67. The van der Waals surface area contributed by atoms with Gasteiger partial charge in [0.1, 0.15) is 12.0 Å². The van der Waals surface area contributed by atoms with Gasteiger partial charge in [-0.3, -0.25) is 0 Å². The van der Waals surface area contributed by atoms with Gasteiger partial charge in [-0.25, -0.2) is 4.98 Å². The molecule has 0 saturated heterocycles. The summed E-state index contributed by atoms with van der Waals surface area (Å²) in [4.78, 5) is 8.31. The smallest absolute Gasteiger partial charge is 0.242 e. The second-order valence-electron chi connectivity index (χ2n) is 5.61. The lowest BCUT2D eigenvalue weighted by molar-refractivity contribution is 0.234. The van der Waals surface area contributed by atoms with Crippen LogP contribution in [0.3, 0.4) is 0 Å². The van der Waals surface area contributed by atoms with Gasteiger partial charge in [0.15, 0.2) is 5.82 Å². The zero-order valence-corrected chi connectivity index (χ0v) is 12.3. The summed E-state index contributed by atoms with van der Waals surface area (Å²) in [7, 11) is 0. The fourth-order valence-corrected chi connectivity index (χ4v) is 2.41. The van der Waals surface area contributed by atoms with E-state index in [0.717, 1.165) is 6.42 Å². The summed E-state index contributed by atoms with van der Waals surface area (Å²) in [6.45, 7) is 3.89. The topological polar surface area (TPSA) is 73.1 Å². The van der Waals surface area contributed by atoms with Crippen LogP contribution in [0.1, 0.15) is 31.7 Å². The maximum absolute atomic E-state index is 6.08. The monoisotopic (exact) mass is 284 g/mol. The van der Waals surface area contributed by atoms with Crippen LogP contribution >= 0.6 is 0 Å². The normalized spacial score (nSPS) is 20.3. The minimum atomic E-state index is 0.0352. The highest BCUT2D eigenvalue weighted by Gasteiger charge is 2.38. The van der Waals surface area contributed by atoms with Crippen molar-refractivity contribution in [1.82, 2.24) is 9.97 Å². The number of ether oxygens (including phenoxy) is 1. The summed E-state index contributed by atoms with van der Waals surface area (Å²) in [5, 5.41) is 3.39. The lowest BCUT2D eigenvalue weighted by Gasteiger charge is -2.13. The van der Waals surface area contributed by atoms with Crippen molar-refractivity contribution >= 4 is 11.5 Å². The molecule has 2 aromatic rings. The Morgan fingerprint density at radius 2 is 2.00 bits per heavy atom. The molecule has 0 spiro atoms. The summed E-state index contributed by atoms with van der Waals surface area (Å²) < 4.78 is 5.58. The molecule has 5 nitrogen and oxygen atoms in total. The summed E-state index contributed by atoms with van der Waals surface area (Å²) in [5.74, 6) is 1.62. The molecule has 2 unspecified atom stereocenters. The average molecular weight is 284 g/mol. The number of nitrogens with zero attached hydrogens (tertiary/aromatic N) is 2. The van der Waals surface area contributed by atoms with E-state index in [2.05, 4.69) is 39.6 Å². The molecular formula is C16H20N4O. The van der Waals surface area contributed by atoms with Crippen LogP contribution in [-0.2, 0) is 0 Å². The Morgan fingerprint density at radius 3 is 2.71 bits per heavy atom. The van der Waals surface area contributed by atoms with Crippen molar-refractivity contribution in [3.63, 3.8) is 0 Å². The number of nitrogens with one attached hydrogen (secondary N) is 1. The summed E-state index contributed by atoms with van der Waals surface area (Å²) >= 11 is 0. The van der Waals surface area contributed by atoms with Crippen molar-refractivity contribution in [1.29, 1.82) is 0 Å². The first-order chi connectivity index (χ1) is 10.1. The molecule has 1 aromatic carbocycles. The number of anilines is 2. The average Bonchev–Trinajstić information content (AvgIpc) is 3.23. The molecule has 5 heteroatoms. The zero-order chi connectivity index (χ0) is 14.8. The molecule has 2 atom stereocenters. The molecule has 1 saturated carbocycles. The number of rotatable bonds is 5. The van der Waals surface area contributed by atoms with Crippen molar-refractivity contribution in [2.75, 3.05) is 11.1 Å². The largest absolute Gasteiger partial charge is 0.473 e. The van der Waals surface area contributed by atoms with Crippen LogP contribution < -0.4 is 15.8 Å². The second kappa shape index (κ2) is 5.60. The molecule has 110 valence electrons. The van der Waals surface area contributed by atoms with E-state index in [1.165, 1.54) is 11.9 Å². The van der Waals surface area contributed by atoms with Crippen LogP contribution in [0.5, 0.6) is 5.88 Å². The van der Waals surface area contributed by atoms with Crippen molar-refractivity contribution in [2.45, 2.75) is 38.3 Å². The van der Waals surface area contributed by atoms with Gasteiger partial charge in [0.2, 0.25) is 5.88 Å². The fraction of sp³-hybridized carbons (Fsp3) is 0.375. The minimum Gasteiger partial charge on any atom is -0.473 e. The number of nitrogens with two attached hydrogens (primary N) is 1. The first-order valence-corrected chi connectivity index (χ1v) is 7.23. The third-order valence-corrected chi connectivity index (χ3v) is 3.53. The van der Waals surface area contributed by atoms with E-state index >= 15 is 0 Å². The third-order valence-electron chi connectivity index (χ3n) is 3.53. The zero-order valence-electron chi connectivity index (χ0n) is 12.3. The number of aromatic nitrogens is 2. The molecule has 3 N–H and O–H groups in total. The quantitative estimate of drug-likeness (QED) is 0.883. The Hall–Kier alpha value is -2.30. The molecule has 0 bridgehead atoms. The maximum Gasteiger partial charge on any atom is 0.242 e. The van der Waals surface area contributed by atoms with Gasteiger partial charge in [0.05, 0.1) is 6.10 Å². The SMILES string of the molecule is CC(C)Oc1ncnc(NC2CC2c2ccccc2)c1N. The van der Waals surface area contributed by atoms with Gasteiger partial charge in [-0.05, 0) is 25.8 Å². The maximum atomic E-state index is 6.08. The van der Waals surface area contributed by atoms with Crippen molar-refractivity contribution in [3.8, 4) is 5.88 Å². The summed E-state index contributed by atoms with van der Waals surface area (Å²) in [5.41, 5.74) is 7.90. The van der Waals surface area contributed by atoms with Gasteiger partial charge in [0.25, 0.3) is 0 Å². The van der Waals surface area contributed by atoms with Crippen molar-refractivity contribution in [3.05, 3.63) is 42.2 Å². The Balaban J connectivity index is 1.69. The molecule has 1 aliphatic rings. The molecule has 1 heterocycles. The van der Waals surface area contributed by atoms with E-state index in [-0.39, 0.29) is 6.10 Å². The molecule has 1 fully saturated rings. The molecule has 0 amide bonds. The van der Waals surface area contributed by atoms with Crippen LogP contribution in [0.15, 0.2) is 36.7 Å². The van der Waals surface area contributed by atoms with Gasteiger partial charge >= 0.3 is 0 Å². The lowest BCUT2D eigenvalue weighted by Crippen LogP contribution is -2.13. The molecular weight excluding hydrogens is 264 g/mol. The third kappa shape index (κ3) is 3.07. The standard InChI is InChI=1S/C16H20N4O/c1-10(2)21-16-14(17)15(18-9-19-16)20-13-8-12(13)11-6-4-3-5-7-11/h3-7,9-10,12-13H,8,17H2,1-2H3,(H,18,19,20). The van der Waals surface area contributed by atoms with Crippen molar-refractivity contribution < 1.29 is 4.74 Å². The summed E-state index contributed by atoms with van der Waals surface area (Å²) in [6.07, 6.45) is 2.61. The molecule has 1 aromatic heterocycles. The predicted molar refractivity (Wildman–Crippen MR) is 83.4 cm³/mol. The van der Waals surface area contributed by atoms with E-state index in [4.69, 9.17) is 10.5 Å². The first kappa shape index (κ1) is 13.7. The number of hydrogen-bond donors (Lipinski definition) is 2. The van der Waals surface area contributed by atoms with Crippen LogP contribution in [0, 0.1) is 0 Å². The van der Waals surface area contributed by atoms with Crippen molar-refractivity contribution in [2.24, 2.45) is 0 Å². The van der Waals surface area contributed by atoms with Crippen LogP contribution in [-0.4, -0.2) is 22.1 Å². The fourth-order valence-electron chi connectivity index (χ4n) is 2.41. The first-order valence-electron chi connectivity index (χ1n) is 7.23. The Morgan fingerprint density at radius 1 is 1.24 bits per heavy atom. The van der Waals surface area contributed by atoms with Gasteiger partial charge in [-0.15, -0.1) is 0 Å². The number of benzene rings is 1. The Labute approximate surface area is 124 Å². The van der Waals surface area contributed by atoms with E-state index in [1.807, 2.05) is 19.9 Å². The van der Waals surface area contributed by atoms with E-state index in [0.29, 0.717) is 29.3 Å². The Kier molecular flexibility index (Phi) is 3.64. The summed E-state index contributed by atoms with van der Waals surface area (Å²) in [6, 6.07) is 10.9. The highest BCUT2D eigenvalue weighted by Crippen LogP contribution is 2.43. The molecule has 1 aliphatic carbocycles. The van der Waals surface area contributed by atoms with Crippen LogP contribution in [0.4, 0.5) is 11.5 Å². The predicted octanol–water partition coefficient (Wildman–Crippen LogP) is 2.81. The van der Waals surface area contributed by atoms with E-state index < -0.39 is 0 Å². The minimum absolute atomic E-state index is 0.0352. The number of nitrogen functional groups attached to an aromatic ring is 1. The van der Waals surface area contributed by atoms with Gasteiger partial charge in [-0.1, -0.05) is 30.3 Å². The molecule has 3 rings (SSSR count). The van der Waals surface area contributed by atoms with Crippen LogP contribution in [0.2, 0.25) is 0 Å². The van der Waals surface area contributed by atoms with Gasteiger partial charge < -0.3 is 15.8 Å². The van der Waals surface area contributed by atoms with Gasteiger partial charge in [-0.2, -0.15) is 4.98 Å². The molecule has 21 heavy (non-hydrogen) atoms. The number of hydrogen-bond acceptors (Lipinski definition) is 5. The highest BCUT2D eigenvalue weighted by atomic mass is 16.5. The van der Waals surface area contributed by atoms with Crippen LogP contribution in [0.25, 0.3) is 0 Å². The molecule has 0 radical (unpaired) electrons. The van der Waals surface area contributed by atoms with Gasteiger partial charge in [0, 0.05) is 12.0 Å². The van der Waals surface area contributed by atoms with E-state index in [9.17, 15) is 0 Å². The Bertz CT molecular complexity index is 615.